The minimum atomic E-state index is -2.90. The number of alkyl halides is 2. The van der Waals surface area contributed by atoms with Gasteiger partial charge in [-0.3, -0.25) is 0 Å². The summed E-state index contributed by atoms with van der Waals surface area (Å²) >= 11 is 0. The standard InChI is InChI=1S/C22H27F2N3O3.HI/c1-3-25-22(26-10-8-15-4-6-19-16(12-15)9-11-29-19)27-14-17-13-18(28-2)5-7-20(17)30-21(23)24;/h4-7,12-13,21H,3,8-11,14H2,1-2H3,(H2,25,26,27);1H. The molecule has 170 valence electrons. The number of ether oxygens (including phenoxy) is 3. The molecule has 2 N–H and O–H groups in total. The van der Waals surface area contributed by atoms with Crippen LogP contribution < -0.4 is 24.8 Å². The normalized spacial score (nSPS) is 12.6. The maximum absolute atomic E-state index is 12.7. The molecule has 0 fully saturated rings. The molecule has 1 aliphatic rings. The molecule has 0 unspecified atom stereocenters. The van der Waals surface area contributed by atoms with Gasteiger partial charge < -0.3 is 24.8 Å². The van der Waals surface area contributed by atoms with Gasteiger partial charge in [-0.2, -0.15) is 8.78 Å². The van der Waals surface area contributed by atoms with Crippen LogP contribution in [0.2, 0.25) is 0 Å². The Morgan fingerprint density at radius 2 is 2.03 bits per heavy atom. The summed E-state index contributed by atoms with van der Waals surface area (Å²) < 4.78 is 40.7. The second kappa shape index (κ2) is 12.5. The minimum Gasteiger partial charge on any atom is -0.497 e. The maximum Gasteiger partial charge on any atom is 0.387 e. The number of rotatable bonds is 9. The van der Waals surface area contributed by atoms with E-state index in [0.717, 1.165) is 25.2 Å². The number of halogens is 3. The van der Waals surface area contributed by atoms with Crippen molar-refractivity contribution in [2.75, 3.05) is 26.8 Å². The Labute approximate surface area is 198 Å². The fourth-order valence-corrected chi connectivity index (χ4v) is 3.24. The molecule has 0 atom stereocenters. The number of nitrogens with one attached hydrogen (secondary N) is 2. The highest BCUT2D eigenvalue weighted by Crippen LogP contribution is 2.27. The van der Waals surface area contributed by atoms with Gasteiger partial charge in [0, 0.05) is 25.1 Å². The molecule has 0 amide bonds. The summed E-state index contributed by atoms with van der Waals surface area (Å²) in [7, 11) is 1.52. The number of fused-ring (bicyclic) bond motifs is 1. The summed E-state index contributed by atoms with van der Waals surface area (Å²) in [5.41, 5.74) is 2.99. The van der Waals surface area contributed by atoms with Gasteiger partial charge in [0.15, 0.2) is 5.96 Å². The number of hydrogen-bond donors (Lipinski definition) is 2. The molecule has 0 saturated carbocycles. The Bertz CT molecular complexity index is 881. The summed E-state index contributed by atoms with van der Waals surface area (Å²) in [6.45, 7) is 1.35. The fraction of sp³-hybridized carbons (Fsp3) is 0.409. The average Bonchev–Trinajstić information content (AvgIpc) is 3.20. The van der Waals surface area contributed by atoms with Gasteiger partial charge in [0.1, 0.15) is 17.2 Å². The van der Waals surface area contributed by atoms with Crippen molar-refractivity contribution in [3.63, 3.8) is 0 Å². The van der Waals surface area contributed by atoms with Crippen LogP contribution >= 0.6 is 24.0 Å². The topological polar surface area (TPSA) is 64.1 Å². The lowest BCUT2D eigenvalue weighted by molar-refractivity contribution is -0.0504. The van der Waals surface area contributed by atoms with Crippen molar-refractivity contribution in [1.29, 1.82) is 0 Å². The molecule has 0 spiro atoms. The SMILES string of the molecule is CCNC(=NCc1cc(OC)ccc1OC(F)F)NCCc1ccc2c(c1)CCO2.I. The smallest absolute Gasteiger partial charge is 0.387 e. The first-order valence-electron chi connectivity index (χ1n) is 9.97. The van der Waals surface area contributed by atoms with Gasteiger partial charge in [-0.25, -0.2) is 4.99 Å². The summed E-state index contributed by atoms with van der Waals surface area (Å²) in [6.07, 6.45) is 1.78. The maximum atomic E-state index is 12.7. The van der Waals surface area contributed by atoms with Crippen LogP contribution in [0.4, 0.5) is 8.78 Å². The molecule has 3 rings (SSSR count). The van der Waals surface area contributed by atoms with Crippen LogP contribution in [0.1, 0.15) is 23.6 Å². The molecular formula is C22H28F2IN3O3. The highest BCUT2D eigenvalue weighted by molar-refractivity contribution is 14.0. The zero-order chi connectivity index (χ0) is 21.3. The molecule has 0 saturated heterocycles. The van der Waals surface area contributed by atoms with E-state index < -0.39 is 6.61 Å². The number of benzene rings is 2. The van der Waals surface area contributed by atoms with Crippen LogP contribution in [-0.2, 0) is 19.4 Å². The monoisotopic (exact) mass is 547 g/mol. The molecular weight excluding hydrogens is 519 g/mol. The van der Waals surface area contributed by atoms with Crippen molar-refractivity contribution in [2.24, 2.45) is 4.99 Å². The third-order valence-electron chi connectivity index (χ3n) is 4.70. The average molecular weight is 547 g/mol. The lowest BCUT2D eigenvalue weighted by Gasteiger charge is -2.14. The Balaban J connectivity index is 0.00000341. The summed E-state index contributed by atoms with van der Waals surface area (Å²) in [5, 5.41) is 6.45. The van der Waals surface area contributed by atoms with E-state index in [1.807, 2.05) is 13.0 Å². The number of hydrogen-bond acceptors (Lipinski definition) is 4. The zero-order valence-electron chi connectivity index (χ0n) is 17.6. The molecule has 6 nitrogen and oxygen atoms in total. The molecule has 31 heavy (non-hydrogen) atoms. The molecule has 9 heteroatoms. The van der Waals surface area contributed by atoms with Crippen molar-refractivity contribution in [1.82, 2.24) is 10.6 Å². The fourth-order valence-electron chi connectivity index (χ4n) is 3.24. The van der Waals surface area contributed by atoms with Crippen LogP contribution in [0.5, 0.6) is 17.2 Å². The van der Waals surface area contributed by atoms with Crippen LogP contribution in [0, 0.1) is 0 Å². The molecule has 0 bridgehead atoms. The molecule has 0 aliphatic carbocycles. The van der Waals surface area contributed by atoms with E-state index >= 15 is 0 Å². The summed E-state index contributed by atoms with van der Waals surface area (Å²) in [5.74, 6) is 2.22. The molecule has 0 aromatic heterocycles. The van der Waals surface area contributed by atoms with E-state index in [9.17, 15) is 8.78 Å². The quantitative estimate of drug-likeness (QED) is 0.281. The van der Waals surface area contributed by atoms with Crippen molar-refractivity contribution in [2.45, 2.75) is 32.9 Å². The van der Waals surface area contributed by atoms with Gasteiger partial charge in [0.05, 0.1) is 20.3 Å². The molecule has 1 heterocycles. The van der Waals surface area contributed by atoms with Crippen molar-refractivity contribution in [3.8, 4) is 17.2 Å². The van der Waals surface area contributed by atoms with Crippen molar-refractivity contribution >= 4 is 29.9 Å². The van der Waals surface area contributed by atoms with Crippen LogP contribution in [0.3, 0.4) is 0 Å². The number of nitrogens with zero attached hydrogens (tertiary/aromatic N) is 1. The first-order chi connectivity index (χ1) is 14.6. The Hall–Kier alpha value is -2.30. The van der Waals surface area contributed by atoms with Gasteiger partial charge in [0.2, 0.25) is 0 Å². The second-order valence-corrected chi connectivity index (χ2v) is 6.76. The van der Waals surface area contributed by atoms with E-state index in [0.29, 0.717) is 30.4 Å². The minimum absolute atomic E-state index is 0. The Kier molecular flexibility index (Phi) is 10.1. The molecule has 2 aromatic carbocycles. The van der Waals surface area contributed by atoms with Gasteiger partial charge >= 0.3 is 6.61 Å². The molecule has 1 aliphatic heterocycles. The third-order valence-corrected chi connectivity index (χ3v) is 4.70. The Morgan fingerprint density at radius 3 is 2.77 bits per heavy atom. The van der Waals surface area contributed by atoms with Crippen molar-refractivity contribution < 1.29 is 23.0 Å². The number of aliphatic imine (C=N–C) groups is 1. The third kappa shape index (κ3) is 7.41. The van der Waals surface area contributed by atoms with Gasteiger partial charge in [0.25, 0.3) is 0 Å². The zero-order valence-corrected chi connectivity index (χ0v) is 20.0. The van der Waals surface area contributed by atoms with Gasteiger partial charge in [-0.05, 0) is 48.7 Å². The van der Waals surface area contributed by atoms with E-state index in [1.165, 1.54) is 24.3 Å². The van der Waals surface area contributed by atoms with Crippen LogP contribution in [0.25, 0.3) is 0 Å². The number of guanidine groups is 1. The first kappa shape index (κ1) is 25.0. The number of methoxy groups -OCH3 is 1. The lowest BCUT2D eigenvalue weighted by atomic mass is 10.1. The highest BCUT2D eigenvalue weighted by atomic mass is 127. The summed E-state index contributed by atoms with van der Waals surface area (Å²) in [6, 6.07) is 11.0. The first-order valence-corrected chi connectivity index (χ1v) is 9.97. The van der Waals surface area contributed by atoms with E-state index in [4.69, 9.17) is 9.47 Å². The van der Waals surface area contributed by atoms with E-state index in [-0.39, 0.29) is 36.3 Å². The predicted octanol–water partition coefficient (Wildman–Crippen LogP) is 4.15. The Morgan fingerprint density at radius 1 is 1.19 bits per heavy atom. The molecule has 0 radical (unpaired) electrons. The second-order valence-electron chi connectivity index (χ2n) is 6.76. The van der Waals surface area contributed by atoms with Crippen LogP contribution in [0.15, 0.2) is 41.4 Å². The summed E-state index contributed by atoms with van der Waals surface area (Å²) in [4.78, 5) is 4.51. The highest BCUT2D eigenvalue weighted by Gasteiger charge is 2.13. The van der Waals surface area contributed by atoms with Crippen LogP contribution in [-0.4, -0.2) is 39.4 Å². The predicted molar refractivity (Wildman–Crippen MR) is 127 cm³/mol. The van der Waals surface area contributed by atoms with E-state index in [1.54, 1.807) is 12.1 Å². The largest absolute Gasteiger partial charge is 0.497 e. The van der Waals surface area contributed by atoms with E-state index in [2.05, 4.69) is 32.5 Å². The van der Waals surface area contributed by atoms with Crippen molar-refractivity contribution in [3.05, 3.63) is 53.1 Å². The van der Waals surface area contributed by atoms with Gasteiger partial charge in [-0.15, -0.1) is 24.0 Å². The van der Waals surface area contributed by atoms with Gasteiger partial charge in [-0.1, -0.05) is 12.1 Å². The lowest BCUT2D eigenvalue weighted by Crippen LogP contribution is -2.38. The molecule has 2 aromatic rings.